The van der Waals surface area contributed by atoms with Crippen LogP contribution in [0, 0.1) is 0 Å². The molecule has 1 aromatic carbocycles. The van der Waals surface area contributed by atoms with Crippen molar-refractivity contribution in [2.45, 2.75) is 19.9 Å². The molecule has 1 unspecified atom stereocenters. The third-order valence-electron chi connectivity index (χ3n) is 2.72. The first-order valence-corrected chi connectivity index (χ1v) is 7.42. The van der Waals surface area contributed by atoms with Gasteiger partial charge in [-0.05, 0) is 5.56 Å². The largest absolute Gasteiger partial charge is 0.394 e. The molecule has 0 aliphatic carbocycles. The monoisotopic (exact) mass is 272 g/mol. The van der Waals surface area contributed by atoms with E-state index in [-0.39, 0.29) is 6.61 Å². The van der Waals surface area contributed by atoms with E-state index >= 15 is 0 Å². The summed E-state index contributed by atoms with van der Waals surface area (Å²) in [6.45, 7) is 4.08. The summed E-state index contributed by atoms with van der Waals surface area (Å²) >= 11 is 0. The number of aliphatic hydroxyl groups excluding tert-OH is 1. The second kappa shape index (κ2) is 6.84. The minimum Gasteiger partial charge on any atom is -0.394 e. The molecule has 18 heavy (non-hydrogen) atoms. The van der Waals surface area contributed by atoms with Crippen molar-refractivity contribution in [3.8, 4) is 0 Å². The van der Waals surface area contributed by atoms with Gasteiger partial charge in [-0.15, -0.1) is 0 Å². The Labute approximate surface area is 109 Å². The maximum atomic E-state index is 12.0. The van der Waals surface area contributed by atoms with E-state index in [1.54, 1.807) is 26.0 Å². The molecule has 0 bridgehead atoms. The molecule has 1 atom stereocenters. The minimum atomic E-state index is -3.56. The fourth-order valence-electron chi connectivity index (χ4n) is 1.71. The third kappa shape index (κ3) is 3.78. The van der Waals surface area contributed by atoms with Gasteiger partial charge in [-0.1, -0.05) is 44.2 Å². The molecule has 2 N–H and O–H groups in total. The standard InChI is InChI=1S/C12H20N2O3S/c1-3-14(4-2)18(16,17)13-12(10-15)11-8-6-5-7-9-11/h5-9,12-13,15H,3-4,10H2,1-2H3. The van der Waals surface area contributed by atoms with E-state index in [2.05, 4.69) is 4.72 Å². The van der Waals surface area contributed by atoms with Crippen molar-refractivity contribution in [2.75, 3.05) is 19.7 Å². The molecule has 0 fully saturated rings. The first-order chi connectivity index (χ1) is 8.55. The van der Waals surface area contributed by atoms with Gasteiger partial charge in [0.25, 0.3) is 10.2 Å². The summed E-state index contributed by atoms with van der Waals surface area (Å²) in [7, 11) is -3.56. The van der Waals surface area contributed by atoms with Gasteiger partial charge in [-0.25, -0.2) is 0 Å². The highest BCUT2D eigenvalue weighted by molar-refractivity contribution is 7.87. The molecule has 0 saturated heterocycles. The molecule has 0 heterocycles. The van der Waals surface area contributed by atoms with Crippen molar-refractivity contribution < 1.29 is 13.5 Å². The van der Waals surface area contributed by atoms with Crippen LogP contribution in [0.4, 0.5) is 0 Å². The zero-order valence-corrected chi connectivity index (χ0v) is 11.5. The van der Waals surface area contributed by atoms with Crippen LogP contribution in [-0.4, -0.2) is 37.5 Å². The smallest absolute Gasteiger partial charge is 0.280 e. The Morgan fingerprint density at radius 1 is 1.22 bits per heavy atom. The molecule has 0 aliphatic heterocycles. The number of hydrogen-bond donors (Lipinski definition) is 2. The zero-order valence-electron chi connectivity index (χ0n) is 10.7. The molecule has 0 saturated carbocycles. The molecule has 0 aliphatic rings. The topological polar surface area (TPSA) is 69.6 Å². The molecular formula is C12H20N2O3S. The first-order valence-electron chi connectivity index (χ1n) is 5.98. The lowest BCUT2D eigenvalue weighted by atomic mass is 10.1. The highest BCUT2D eigenvalue weighted by atomic mass is 32.2. The third-order valence-corrected chi connectivity index (χ3v) is 4.50. The van der Waals surface area contributed by atoms with Crippen LogP contribution < -0.4 is 4.72 Å². The Hall–Kier alpha value is -0.950. The second-order valence-corrected chi connectivity index (χ2v) is 5.56. The number of rotatable bonds is 7. The van der Waals surface area contributed by atoms with Gasteiger partial charge in [0.15, 0.2) is 0 Å². The Kier molecular flexibility index (Phi) is 5.74. The first kappa shape index (κ1) is 15.1. The van der Waals surface area contributed by atoms with Crippen LogP contribution >= 0.6 is 0 Å². The highest BCUT2D eigenvalue weighted by Gasteiger charge is 2.23. The van der Waals surface area contributed by atoms with Crippen molar-refractivity contribution in [1.29, 1.82) is 0 Å². The fourth-order valence-corrected chi connectivity index (χ4v) is 3.11. The van der Waals surface area contributed by atoms with Gasteiger partial charge in [-0.2, -0.15) is 17.4 Å². The molecule has 5 nitrogen and oxygen atoms in total. The van der Waals surface area contributed by atoms with Crippen molar-refractivity contribution >= 4 is 10.2 Å². The van der Waals surface area contributed by atoms with E-state index in [0.29, 0.717) is 13.1 Å². The summed E-state index contributed by atoms with van der Waals surface area (Å²) in [5.74, 6) is 0. The SMILES string of the molecule is CCN(CC)S(=O)(=O)NC(CO)c1ccccc1. The van der Waals surface area contributed by atoms with Crippen LogP contribution in [-0.2, 0) is 10.2 Å². The van der Waals surface area contributed by atoms with E-state index in [4.69, 9.17) is 0 Å². The van der Waals surface area contributed by atoms with Crippen LogP contribution in [0.3, 0.4) is 0 Å². The summed E-state index contributed by atoms with van der Waals surface area (Å²) in [5.41, 5.74) is 0.746. The van der Waals surface area contributed by atoms with Crippen LogP contribution in [0.1, 0.15) is 25.5 Å². The molecule has 1 rings (SSSR count). The van der Waals surface area contributed by atoms with Crippen molar-refractivity contribution in [3.63, 3.8) is 0 Å². The van der Waals surface area contributed by atoms with Crippen molar-refractivity contribution in [1.82, 2.24) is 9.03 Å². The van der Waals surface area contributed by atoms with Gasteiger partial charge in [0.1, 0.15) is 0 Å². The number of nitrogens with one attached hydrogen (secondary N) is 1. The molecule has 102 valence electrons. The van der Waals surface area contributed by atoms with Gasteiger partial charge in [0.2, 0.25) is 0 Å². The van der Waals surface area contributed by atoms with Crippen LogP contribution in [0.2, 0.25) is 0 Å². The lowest BCUT2D eigenvalue weighted by Crippen LogP contribution is -2.43. The van der Waals surface area contributed by atoms with Gasteiger partial charge in [0.05, 0.1) is 12.6 Å². The Bertz CT molecular complexity index is 444. The van der Waals surface area contributed by atoms with Gasteiger partial charge < -0.3 is 5.11 Å². The van der Waals surface area contributed by atoms with Crippen molar-refractivity contribution in [3.05, 3.63) is 35.9 Å². The van der Waals surface area contributed by atoms with Crippen LogP contribution in [0.25, 0.3) is 0 Å². The van der Waals surface area contributed by atoms with Gasteiger partial charge >= 0.3 is 0 Å². The van der Waals surface area contributed by atoms with Gasteiger partial charge in [-0.3, -0.25) is 0 Å². The van der Waals surface area contributed by atoms with Gasteiger partial charge in [0, 0.05) is 13.1 Å². The highest BCUT2D eigenvalue weighted by Crippen LogP contribution is 2.14. The molecule has 0 amide bonds. The lowest BCUT2D eigenvalue weighted by molar-refractivity contribution is 0.256. The normalized spacial score (nSPS) is 13.8. The Morgan fingerprint density at radius 3 is 2.22 bits per heavy atom. The summed E-state index contributed by atoms with van der Waals surface area (Å²) in [6.07, 6.45) is 0. The summed E-state index contributed by atoms with van der Waals surface area (Å²) < 4.78 is 27.9. The summed E-state index contributed by atoms with van der Waals surface area (Å²) in [4.78, 5) is 0. The predicted molar refractivity (Wildman–Crippen MR) is 71.2 cm³/mol. The van der Waals surface area contributed by atoms with E-state index < -0.39 is 16.3 Å². The Balaban J connectivity index is 2.87. The van der Waals surface area contributed by atoms with Crippen molar-refractivity contribution in [2.24, 2.45) is 0 Å². The number of aliphatic hydroxyl groups is 1. The number of benzene rings is 1. The molecule has 0 spiro atoms. The summed E-state index contributed by atoms with van der Waals surface area (Å²) in [6, 6.07) is 8.42. The van der Waals surface area contributed by atoms with E-state index in [9.17, 15) is 13.5 Å². The minimum absolute atomic E-state index is 0.273. The quantitative estimate of drug-likeness (QED) is 0.774. The molecule has 1 aromatic rings. The maximum Gasteiger partial charge on any atom is 0.280 e. The molecular weight excluding hydrogens is 252 g/mol. The van der Waals surface area contributed by atoms with E-state index in [1.807, 2.05) is 18.2 Å². The van der Waals surface area contributed by atoms with Crippen LogP contribution in [0.5, 0.6) is 0 Å². The van der Waals surface area contributed by atoms with E-state index in [1.165, 1.54) is 4.31 Å². The van der Waals surface area contributed by atoms with Crippen LogP contribution in [0.15, 0.2) is 30.3 Å². The molecule has 0 aromatic heterocycles. The second-order valence-electron chi connectivity index (χ2n) is 3.85. The summed E-state index contributed by atoms with van der Waals surface area (Å²) in [5, 5.41) is 9.32. The average molecular weight is 272 g/mol. The lowest BCUT2D eigenvalue weighted by Gasteiger charge is -2.23. The number of hydrogen-bond acceptors (Lipinski definition) is 3. The maximum absolute atomic E-state index is 12.0. The molecule has 0 radical (unpaired) electrons. The zero-order chi connectivity index (χ0) is 13.6. The average Bonchev–Trinajstić information content (AvgIpc) is 2.38. The molecule has 6 heteroatoms. The fraction of sp³-hybridized carbons (Fsp3) is 0.500. The van der Waals surface area contributed by atoms with E-state index in [0.717, 1.165) is 5.56 Å². The number of nitrogens with zero attached hydrogens (tertiary/aromatic N) is 1. The Morgan fingerprint density at radius 2 is 1.78 bits per heavy atom. The predicted octanol–water partition coefficient (Wildman–Crippen LogP) is 0.896.